The molecule has 5 nitrogen and oxygen atoms in total. The topological polar surface area (TPSA) is 72.6 Å². The van der Waals surface area contributed by atoms with Gasteiger partial charge in [-0.25, -0.2) is 8.42 Å². The lowest BCUT2D eigenvalue weighted by Gasteiger charge is -2.37. The minimum Gasteiger partial charge on any atom is -0.404 e. The van der Waals surface area contributed by atoms with E-state index in [-0.39, 0.29) is 6.54 Å². The molecule has 2 rings (SSSR count). The fraction of sp³-hybridized carbons (Fsp3) is 0.571. The highest BCUT2D eigenvalue weighted by molar-refractivity contribution is 7.89. The van der Waals surface area contributed by atoms with E-state index in [0.717, 1.165) is 18.6 Å². The molecule has 0 aliphatic carbocycles. The van der Waals surface area contributed by atoms with Gasteiger partial charge < -0.3 is 10.5 Å². The first-order chi connectivity index (χ1) is 10.6. The zero-order valence-corrected chi connectivity index (χ0v) is 13.4. The van der Waals surface area contributed by atoms with E-state index in [1.54, 1.807) is 6.92 Å². The van der Waals surface area contributed by atoms with Gasteiger partial charge in [-0.1, -0.05) is 18.6 Å². The molecule has 1 fully saturated rings. The Hall–Kier alpha value is -1.32. The number of nitrogens with zero attached hydrogens (tertiary/aromatic N) is 1. The number of hydrogen-bond acceptors (Lipinski definition) is 4. The summed E-state index contributed by atoms with van der Waals surface area (Å²) in [6.45, 7) is 1.92. The van der Waals surface area contributed by atoms with Crippen molar-refractivity contribution in [1.82, 2.24) is 4.31 Å². The Morgan fingerprint density at radius 3 is 2.57 bits per heavy atom. The molecular weight excluding hydrogens is 333 g/mol. The lowest BCUT2D eigenvalue weighted by Crippen LogP contribution is -2.51. The van der Waals surface area contributed by atoms with Crippen LogP contribution in [-0.4, -0.2) is 37.7 Å². The second-order valence-corrected chi connectivity index (χ2v) is 7.39. The second kappa shape index (κ2) is 6.66. The molecule has 1 aliphatic rings. The first-order valence-electron chi connectivity index (χ1n) is 7.25. The summed E-state index contributed by atoms with van der Waals surface area (Å²) in [4.78, 5) is -0.495. The van der Waals surface area contributed by atoms with E-state index in [2.05, 4.69) is 4.74 Å². The molecule has 0 spiro atoms. The van der Waals surface area contributed by atoms with Gasteiger partial charge >= 0.3 is 6.36 Å². The van der Waals surface area contributed by atoms with Crippen molar-refractivity contribution in [3.05, 3.63) is 24.3 Å². The number of halogens is 3. The van der Waals surface area contributed by atoms with Crippen LogP contribution in [0.5, 0.6) is 5.75 Å². The molecule has 1 saturated heterocycles. The average molecular weight is 352 g/mol. The first kappa shape index (κ1) is 18.0. The summed E-state index contributed by atoms with van der Waals surface area (Å²) >= 11 is 0. The van der Waals surface area contributed by atoms with E-state index < -0.39 is 39.1 Å². The molecule has 1 aromatic rings. The summed E-state index contributed by atoms with van der Waals surface area (Å²) in [6, 6.07) is 3.91. The number of rotatable bonds is 4. The molecule has 1 heterocycles. The fourth-order valence-corrected chi connectivity index (χ4v) is 4.64. The van der Waals surface area contributed by atoms with Crippen LogP contribution in [0.3, 0.4) is 0 Å². The highest BCUT2D eigenvalue weighted by Gasteiger charge is 2.39. The van der Waals surface area contributed by atoms with Crippen LogP contribution in [0.2, 0.25) is 0 Å². The van der Waals surface area contributed by atoms with Crippen molar-refractivity contribution in [3.63, 3.8) is 0 Å². The van der Waals surface area contributed by atoms with Gasteiger partial charge in [0.25, 0.3) is 0 Å². The molecule has 9 heteroatoms. The van der Waals surface area contributed by atoms with Crippen LogP contribution in [0, 0.1) is 0 Å². The Balaban J connectivity index is 2.43. The van der Waals surface area contributed by atoms with E-state index in [1.807, 2.05) is 0 Å². The average Bonchev–Trinajstić information content (AvgIpc) is 2.46. The molecule has 0 saturated carbocycles. The highest BCUT2D eigenvalue weighted by Crippen LogP contribution is 2.34. The van der Waals surface area contributed by atoms with E-state index >= 15 is 0 Å². The highest BCUT2D eigenvalue weighted by atomic mass is 32.2. The van der Waals surface area contributed by atoms with Crippen molar-refractivity contribution in [1.29, 1.82) is 0 Å². The van der Waals surface area contributed by atoms with Crippen LogP contribution in [0.1, 0.15) is 26.2 Å². The largest absolute Gasteiger partial charge is 0.573 e. The Labute approximate surface area is 133 Å². The third kappa shape index (κ3) is 4.15. The van der Waals surface area contributed by atoms with Crippen molar-refractivity contribution < 1.29 is 26.3 Å². The quantitative estimate of drug-likeness (QED) is 0.904. The summed E-state index contributed by atoms with van der Waals surface area (Å²) in [7, 11) is -4.13. The summed E-state index contributed by atoms with van der Waals surface area (Å²) < 4.78 is 68.2. The normalized spacial score (nSPS) is 21.9. The number of sulfonamides is 1. The minimum absolute atomic E-state index is 0.231. The Bertz CT molecular complexity index is 647. The Morgan fingerprint density at radius 2 is 1.96 bits per heavy atom. The maximum atomic E-state index is 12.8. The minimum atomic E-state index is -4.96. The number of hydrogen-bond donors (Lipinski definition) is 1. The third-order valence-electron chi connectivity index (χ3n) is 3.77. The van der Waals surface area contributed by atoms with Gasteiger partial charge in [0.2, 0.25) is 10.0 Å². The second-order valence-electron chi connectivity index (χ2n) is 5.53. The number of para-hydroxylation sites is 1. The number of nitrogens with two attached hydrogens (primary N) is 1. The van der Waals surface area contributed by atoms with E-state index in [0.29, 0.717) is 12.8 Å². The summed E-state index contributed by atoms with van der Waals surface area (Å²) in [6.07, 6.45) is -2.91. The smallest absolute Gasteiger partial charge is 0.404 e. The SMILES string of the molecule is CC(N)C1CCCCN1S(=O)(=O)c1ccccc1OC(F)(F)F. The van der Waals surface area contributed by atoms with Crippen LogP contribution < -0.4 is 10.5 Å². The molecule has 0 bridgehead atoms. The molecule has 1 aliphatic heterocycles. The van der Waals surface area contributed by atoms with Crippen molar-refractivity contribution in [2.24, 2.45) is 5.73 Å². The molecule has 2 unspecified atom stereocenters. The molecule has 0 amide bonds. The standard InChI is InChI=1S/C14H19F3N2O3S/c1-10(18)11-6-4-5-9-19(11)23(20,21)13-8-3-2-7-12(13)22-14(15,16)17/h2-3,7-8,10-11H,4-6,9,18H2,1H3. The van der Waals surface area contributed by atoms with Gasteiger partial charge in [-0.05, 0) is 31.9 Å². The molecule has 23 heavy (non-hydrogen) atoms. The van der Waals surface area contributed by atoms with E-state index in [1.165, 1.54) is 16.4 Å². The zero-order valence-electron chi connectivity index (χ0n) is 12.6. The van der Waals surface area contributed by atoms with Crippen LogP contribution in [0.4, 0.5) is 13.2 Å². The van der Waals surface area contributed by atoms with Gasteiger partial charge in [0, 0.05) is 18.6 Å². The predicted molar refractivity (Wildman–Crippen MR) is 78.3 cm³/mol. The molecule has 130 valence electrons. The van der Waals surface area contributed by atoms with Gasteiger partial charge in [0.1, 0.15) is 10.6 Å². The summed E-state index contributed by atoms with van der Waals surface area (Å²) in [5.74, 6) is -0.728. The van der Waals surface area contributed by atoms with E-state index in [4.69, 9.17) is 5.73 Å². The third-order valence-corrected chi connectivity index (χ3v) is 5.73. The van der Waals surface area contributed by atoms with Crippen molar-refractivity contribution in [2.75, 3.05) is 6.54 Å². The molecule has 1 aromatic carbocycles. The molecular formula is C14H19F3N2O3S. The number of benzene rings is 1. The van der Waals surface area contributed by atoms with Gasteiger partial charge in [0.05, 0.1) is 0 Å². The van der Waals surface area contributed by atoms with Crippen molar-refractivity contribution >= 4 is 10.0 Å². The maximum Gasteiger partial charge on any atom is 0.573 e. The first-order valence-corrected chi connectivity index (χ1v) is 8.69. The Morgan fingerprint density at radius 1 is 1.30 bits per heavy atom. The van der Waals surface area contributed by atoms with Crippen molar-refractivity contribution in [3.8, 4) is 5.75 Å². The van der Waals surface area contributed by atoms with Gasteiger partial charge in [-0.2, -0.15) is 4.31 Å². The lowest BCUT2D eigenvalue weighted by molar-refractivity contribution is -0.275. The molecule has 0 aromatic heterocycles. The monoisotopic (exact) mass is 352 g/mol. The summed E-state index contributed by atoms with van der Waals surface area (Å²) in [5, 5.41) is 0. The number of ether oxygens (including phenoxy) is 1. The maximum absolute atomic E-state index is 12.8. The predicted octanol–water partition coefficient (Wildman–Crippen LogP) is 2.48. The van der Waals surface area contributed by atoms with Crippen LogP contribution >= 0.6 is 0 Å². The van der Waals surface area contributed by atoms with Crippen molar-refractivity contribution in [2.45, 2.75) is 49.5 Å². The van der Waals surface area contributed by atoms with Crippen LogP contribution in [0.25, 0.3) is 0 Å². The molecule has 2 atom stereocenters. The van der Waals surface area contributed by atoms with Gasteiger partial charge in [-0.15, -0.1) is 13.2 Å². The fourth-order valence-electron chi connectivity index (χ4n) is 2.75. The van der Waals surface area contributed by atoms with Crippen LogP contribution in [-0.2, 0) is 10.0 Å². The zero-order chi connectivity index (χ0) is 17.3. The number of piperidine rings is 1. The van der Waals surface area contributed by atoms with Gasteiger partial charge in [-0.3, -0.25) is 0 Å². The lowest BCUT2D eigenvalue weighted by atomic mass is 10.00. The van der Waals surface area contributed by atoms with Crippen LogP contribution in [0.15, 0.2) is 29.2 Å². The van der Waals surface area contributed by atoms with E-state index in [9.17, 15) is 21.6 Å². The molecule has 0 radical (unpaired) electrons. The molecule has 2 N–H and O–H groups in total. The van der Waals surface area contributed by atoms with Gasteiger partial charge in [0.15, 0.2) is 0 Å². The summed E-state index contributed by atoms with van der Waals surface area (Å²) in [5.41, 5.74) is 5.85. The Kier molecular flexibility index (Phi) is 5.22. The number of alkyl halides is 3.